The van der Waals surface area contributed by atoms with Crippen molar-refractivity contribution in [2.75, 3.05) is 13.1 Å². The maximum Gasteiger partial charge on any atom is 0.305 e. The third kappa shape index (κ3) is 2.96. The van der Waals surface area contributed by atoms with Gasteiger partial charge in [0.25, 0.3) is 5.91 Å². The molecule has 2 aromatic rings. The molecule has 20 heavy (non-hydrogen) atoms. The fraction of sp³-hybridized carbons (Fsp3) is 0.286. The van der Waals surface area contributed by atoms with Gasteiger partial charge in [0.05, 0.1) is 11.3 Å². The third-order valence-corrected chi connectivity index (χ3v) is 4.07. The zero-order chi connectivity index (χ0) is 14.7. The molecule has 6 heteroatoms. The maximum absolute atomic E-state index is 13.6. The van der Waals surface area contributed by atoms with E-state index in [9.17, 15) is 14.0 Å². The molecule has 1 heterocycles. The van der Waals surface area contributed by atoms with E-state index in [4.69, 9.17) is 5.11 Å². The molecule has 0 saturated carbocycles. The Morgan fingerprint density at radius 3 is 2.75 bits per heavy atom. The van der Waals surface area contributed by atoms with Crippen LogP contribution in [-0.4, -0.2) is 35.0 Å². The molecule has 0 bridgehead atoms. The fourth-order valence-corrected chi connectivity index (χ4v) is 2.96. The van der Waals surface area contributed by atoms with Crippen molar-refractivity contribution in [3.63, 3.8) is 0 Å². The number of rotatable bonds is 5. The van der Waals surface area contributed by atoms with Crippen LogP contribution in [0.4, 0.5) is 4.39 Å². The first kappa shape index (κ1) is 14.5. The minimum absolute atomic E-state index is 0.0984. The molecule has 1 aromatic carbocycles. The van der Waals surface area contributed by atoms with E-state index in [0.717, 1.165) is 0 Å². The number of hydrogen-bond donors (Lipinski definition) is 1. The summed E-state index contributed by atoms with van der Waals surface area (Å²) in [5.41, 5.74) is 0. The second kappa shape index (κ2) is 6.00. The van der Waals surface area contributed by atoms with E-state index < -0.39 is 5.97 Å². The van der Waals surface area contributed by atoms with Crippen molar-refractivity contribution in [1.82, 2.24) is 4.90 Å². The van der Waals surface area contributed by atoms with Crippen LogP contribution in [0.15, 0.2) is 24.3 Å². The van der Waals surface area contributed by atoms with Crippen molar-refractivity contribution in [1.29, 1.82) is 0 Å². The van der Waals surface area contributed by atoms with E-state index in [1.165, 1.54) is 28.4 Å². The second-order valence-corrected chi connectivity index (χ2v) is 5.37. The number of carboxylic acids is 1. The van der Waals surface area contributed by atoms with Crippen LogP contribution in [-0.2, 0) is 4.79 Å². The molecule has 0 unspecified atom stereocenters. The van der Waals surface area contributed by atoms with E-state index >= 15 is 0 Å². The highest BCUT2D eigenvalue weighted by Gasteiger charge is 2.18. The van der Waals surface area contributed by atoms with E-state index in [0.29, 0.717) is 21.5 Å². The van der Waals surface area contributed by atoms with Crippen LogP contribution in [0.25, 0.3) is 10.1 Å². The van der Waals surface area contributed by atoms with Crippen LogP contribution in [0.3, 0.4) is 0 Å². The van der Waals surface area contributed by atoms with Crippen molar-refractivity contribution in [3.05, 3.63) is 35.0 Å². The molecule has 1 N–H and O–H groups in total. The van der Waals surface area contributed by atoms with E-state index in [-0.39, 0.29) is 24.7 Å². The highest BCUT2D eigenvalue weighted by atomic mass is 32.1. The summed E-state index contributed by atoms with van der Waals surface area (Å²) in [6.07, 6.45) is -0.0984. The van der Waals surface area contributed by atoms with Crippen molar-refractivity contribution >= 4 is 33.3 Å². The van der Waals surface area contributed by atoms with Gasteiger partial charge >= 0.3 is 5.97 Å². The van der Waals surface area contributed by atoms with Crippen LogP contribution < -0.4 is 0 Å². The topological polar surface area (TPSA) is 57.6 Å². The molecule has 0 aliphatic rings. The van der Waals surface area contributed by atoms with Gasteiger partial charge in [0.1, 0.15) is 5.82 Å². The number of aliphatic carboxylic acids is 1. The number of fused-ring (bicyclic) bond motifs is 1. The first-order valence-electron chi connectivity index (χ1n) is 6.22. The number of amides is 1. The molecule has 0 fully saturated rings. The van der Waals surface area contributed by atoms with Crippen molar-refractivity contribution in [2.24, 2.45) is 0 Å². The Morgan fingerprint density at radius 1 is 1.40 bits per heavy atom. The second-order valence-electron chi connectivity index (χ2n) is 4.29. The molecule has 0 saturated heterocycles. The first-order valence-corrected chi connectivity index (χ1v) is 7.03. The van der Waals surface area contributed by atoms with Gasteiger partial charge in [-0.05, 0) is 25.1 Å². The molecular formula is C14H14FNO3S. The lowest BCUT2D eigenvalue weighted by atomic mass is 10.2. The Hall–Kier alpha value is -1.95. The molecular weight excluding hydrogens is 281 g/mol. The largest absolute Gasteiger partial charge is 0.481 e. The summed E-state index contributed by atoms with van der Waals surface area (Å²) in [7, 11) is 0. The van der Waals surface area contributed by atoms with Crippen molar-refractivity contribution < 1.29 is 19.1 Å². The van der Waals surface area contributed by atoms with Crippen LogP contribution in [0.5, 0.6) is 0 Å². The van der Waals surface area contributed by atoms with Crippen LogP contribution in [0, 0.1) is 5.82 Å². The van der Waals surface area contributed by atoms with Gasteiger partial charge in [0.15, 0.2) is 0 Å². The minimum atomic E-state index is -0.946. The lowest BCUT2D eigenvalue weighted by Gasteiger charge is -2.18. The number of halogens is 1. The maximum atomic E-state index is 13.6. The molecule has 4 nitrogen and oxygen atoms in total. The standard InChI is InChI=1S/C14H14FNO3S/c1-2-16(7-6-13(17)18)14(19)12-8-9-10(15)4-3-5-11(9)20-12/h3-5,8H,2,6-7H2,1H3,(H,17,18). The number of thiophene rings is 1. The zero-order valence-electron chi connectivity index (χ0n) is 10.9. The Morgan fingerprint density at radius 2 is 2.15 bits per heavy atom. The van der Waals surface area contributed by atoms with Gasteiger partial charge in [-0.1, -0.05) is 6.07 Å². The van der Waals surface area contributed by atoms with Crippen LogP contribution in [0.2, 0.25) is 0 Å². The Balaban J connectivity index is 2.25. The monoisotopic (exact) mass is 295 g/mol. The van der Waals surface area contributed by atoms with Gasteiger partial charge in [-0.3, -0.25) is 9.59 Å². The number of benzene rings is 1. The van der Waals surface area contributed by atoms with Crippen molar-refractivity contribution in [3.8, 4) is 0 Å². The molecule has 0 aliphatic heterocycles. The predicted octanol–water partition coefficient (Wildman–Crippen LogP) is 2.98. The molecule has 0 atom stereocenters. The van der Waals surface area contributed by atoms with Gasteiger partial charge in [-0.25, -0.2) is 4.39 Å². The summed E-state index contributed by atoms with van der Waals surface area (Å²) in [5.74, 6) is -1.56. The number of carbonyl (C=O) groups excluding carboxylic acids is 1. The minimum Gasteiger partial charge on any atom is -0.481 e. The number of nitrogens with zero attached hydrogens (tertiary/aromatic N) is 1. The molecule has 0 radical (unpaired) electrons. The molecule has 2 rings (SSSR count). The van der Waals surface area contributed by atoms with Gasteiger partial charge in [0, 0.05) is 23.2 Å². The SMILES string of the molecule is CCN(CCC(=O)O)C(=O)c1cc2c(F)cccc2s1. The average molecular weight is 295 g/mol. The molecule has 1 amide bonds. The summed E-state index contributed by atoms with van der Waals surface area (Å²) in [5, 5.41) is 9.10. The van der Waals surface area contributed by atoms with Gasteiger partial charge in [-0.15, -0.1) is 11.3 Å². The summed E-state index contributed by atoms with van der Waals surface area (Å²) in [4.78, 5) is 24.8. The summed E-state index contributed by atoms with van der Waals surface area (Å²) >= 11 is 1.22. The van der Waals surface area contributed by atoms with Gasteiger partial charge in [0.2, 0.25) is 0 Å². The number of hydrogen-bond acceptors (Lipinski definition) is 3. The quantitative estimate of drug-likeness (QED) is 0.922. The summed E-state index contributed by atoms with van der Waals surface area (Å²) < 4.78 is 14.3. The van der Waals surface area contributed by atoms with Gasteiger partial charge in [-0.2, -0.15) is 0 Å². The Kier molecular flexibility index (Phi) is 4.34. The molecule has 0 spiro atoms. The van der Waals surface area contributed by atoms with E-state index in [1.807, 2.05) is 0 Å². The summed E-state index contributed by atoms with van der Waals surface area (Å²) in [6, 6.07) is 6.24. The van der Waals surface area contributed by atoms with Crippen LogP contribution >= 0.6 is 11.3 Å². The number of carbonyl (C=O) groups is 2. The van der Waals surface area contributed by atoms with Gasteiger partial charge < -0.3 is 10.0 Å². The van der Waals surface area contributed by atoms with E-state index in [1.54, 1.807) is 19.1 Å². The lowest BCUT2D eigenvalue weighted by Crippen LogP contribution is -2.32. The zero-order valence-corrected chi connectivity index (χ0v) is 11.7. The average Bonchev–Trinajstić information content (AvgIpc) is 2.84. The molecule has 1 aromatic heterocycles. The normalized spacial score (nSPS) is 10.7. The molecule has 106 valence electrons. The Labute approximate surface area is 119 Å². The Bertz CT molecular complexity index is 653. The van der Waals surface area contributed by atoms with Crippen molar-refractivity contribution in [2.45, 2.75) is 13.3 Å². The van der Waals surface area contributed by atoms with E-state index in [2.05, 4.69) is 0 Å². The highest BCUT2D eigenvalue weighted by molar-refractivity contribution is 7.20. The first-order chi connectivity index (χ1) is 9.52. The van der Waals surface area contributed by atoms with Crippen LogP contribution in [0.1, 0.15) is 23.0 Å². The lowest BCUT2D eigenvalue weighted by molar-refractivity contribution is -0.137. The highest BCUT2D eigenvalue weighted by Crippen LogP contribution is 2.28. The third-order valence-electron chi connectivity index (χ3n) is 2.98. The number of carboxylic acid groups (broad SMARTS) is 1. The molecule has 0 aliphatic carbocycles. The predicted molar refractivity (Wildman–Crippen MR) is 75.6 cm³/mol. The summed E-state index contributed by atoms with van der Waals surface area (Å²) in [6.45, 7) is 2.36. The fourth-order valence-electron chi connectivity index (χ4n) is 1.92. The smallest absolute Gasteiger partial charge is 0.305 e.